The van der Waals surface area contributed by atoms with E-state index in [1.54, 1.807) is 0 Å². The zero-order valence-corrected chi connectivity index (χ0v) is 14.0. The summed E-state index contributed by atoms with van der Waals surface area (Å²) in [7, 11) is 0. The molecule has 0 fully saturated rings. The maximum absolute atomic E-state index is 12.6. The monoisotopic (exact) mass is 310 g/mol. The Bertz CT molecular complexity index is 567. The van der Waals surface area contributed by atoms with E-state index in [2.05, 4.69) is 18.7 Å². The van der Waals surface area contributed by atoms with Crippen LogP contribution in [-0.2, 0) is 10.2 Å². The highest BCUT2D eigenvalue weighted by Gasteiger charge is 2.40. The van der Waals surface area contributed by atoms with Gasteiger partial charge in [0.1, 0.15) is 0 Å². The molecule has 0 aliphatic heterocycles. The molecule has 0 aromatic heterocycles. The standard InChI is InChI=1S/C20H26N2O/c1-3-22(4-2)16-15-20(19(21)23,17-11-7-5-8-12-17)18-13-9-6-10-14-18/h5-14H,3-4,15-16H2,1-2H3,(H2,21,23). The lowest BCUT2D eigenvalue weighted by molar-refractivity contribution is -0.122. The van der Waals surface area contributed by atoms with E-state index in [0.717, 1.165) is 30.8 Å². The highest BCUT2D eigenvalue weighted by molar-refractivity contribution is 5.90. The minimum Gasteiger partial charge on any atom is -0.369 e. The Labute approximate surface area is 139 Å². The minimum atomic E-state index is -0.787. The molecule has 0 heterocycles. The van der Waals surface area contributed by atoms with Crippen LogP contribution in [0.4, 0.5) is 0 Å². The van der Waals surface area contributed by atoms with E-state index in [9.17, 15) is 4.79 Å². The van der Waals surface area contributed by atoms with Gasteiger partial charge in [0, 0.05) is 0 Å². The summed E-state index contributed by atoms with van der Waals surface area (Å²) < 4.78 is 0. The van der Waals surface area contributed by atoms with E-state index in [4.69, 9.17) is 5.73 Å². The van der Waals surface area contributed by atoms with E-state index in [1.807, 2.05) is 60.7 Å². The Kier molecular flexibility index (Phi) is 5.94. The Morgan fingerprint density at radius 3 is 1.70 bits per heavy atom. The van der Waals surface area contributed by atoms with Crippen LogP contribution in [0.5, 0.6) is 0 Å². The number of carbonyl (C=O) groups is 1. The first kappa shape index (κ1) is 17.2. The third-order valence-corrected chi connectivity index (χ3v) is 4.65. The zero-order valence-electron chi connectivity index (χ0n) is 14.0. The molecule has 2 N–H and O–H groups in total. The van der Waals surface area contributed by atoms with Crippen LogP contribution in [0.2, 0.25) is 0 Å². The normalized spacial score (nSPS) is 11.6. The van der Waals surface area contributed by atoms with Crippen LogP contribution in [0.1, 0.15) is 31.4 Å². The molecule has 0 saturated carbocycles. The van der Waals surface area contributed by atoms with Crippen molar-refractivity contribution in [2.75, 3.05) is 19.6 Å². The second-order valence-corrected chi connectivity index (χ2v) is 5.78. The summed E-state index contributed by atoms with van der Waals surface area (Å²) in [4.78, 5) is 14.9. The number of nitrogens with zero attached hydrogens (tertiary/aromatic N) is 1. The van der Waals surface area contributed by atoms with Crippen molar-refractivity contribution in [2.24, 2.45) is 5.73 Å². The molecule has 0 aliphatic carbocycles. The van der Waals surface area contributed by atoms with Crippen LogP contribution < -0.4 is 5.73 Å². The highest BCUT2D eigenvalue weighted by atomic mass is 16.1. The summed E-state index contributed by atoms with van der Waals surface area (Å²) >= 11 is 0. The van der Waals surface area contributed by atoms with E-state index < -0.39 is 5.41 Å². The Hall–Kier alpha value is -2.13. The van der Waals surface area contributed by atoms with Gasteiger partial charge in [-0.05, 0) is 37.2 Å². The Morgan fingerprint density at radius 2 is 1.35 bits per heavy atom. The van der Waals surface area contributed by atoms with Crippen LogP contribution in [0.15, 0.2) is 60.7 Å². The van der Waals surface area contributed by atoms with Crippen LogP contribution in [0.3, 0.4) is 0 Å². The van der Waals surface area contributed by atoms with Crippen molar-refractivity contribution in [1.29, 1.82) is 0 Å². The van der Waals surface area contributed by atoms with Crippen molar-refractivity contribution in [3.05, 3.63) is 71.8 Å². The second kappa shape index (κ2) is 7.93. The van der Waals surface area contributed by atoms with Crippen LogP contribution in [0, 0.1) is 0 Å². The molecule has 0 aliphatic rings. The average Bonchev–Trinajstić information content (AvgIpc) is 2.60. The SMILES string of the molecule is CCN(CC)CCC(C(N)=O)(c1ccccc1)c1ccccc1. The van der Waals surface area contributed by atoms with Gasteiger partial charge in [0.25, 0.3) is 0 Å². The fourth-order valence-corrected chi connectivity index (χ4v) is 3.17. The molecule has 2 aromatic rings. The first-order valence-electron chi connectivity index (χ1n) is 8.28. The van der Waals surface area contributed by atoms with Crippen LogP contribution in [-0.4, -0.2) is 30.4 Å². The molecule has 0 saturated heterocycles. The highest BCUT2D eigenvalue weighted by Crippen LogP contribution is 2.35. The number of carbonyl (C=O) groups excluding carboxylic acids is 1. The number of amides is 1. The van der Waals surface area contributed by atoms with Crippen LogP contribution in [0.25, 0.3) is 0 Å². The second-order valence-electron chi connectivity index (χ2n) is 5.78. The number of nitrogens with two attached hydrogens (primary N) is 1. The van der Waals surface area contributed by atoms with Gasteiger partial charge in [0.05, 0.1) is 5.41 Å². The molecule has 2 rings (SSSR count). The molecular formula is C20H26N2O. The van der Waals surface area contributed by atoms with Gasteiger partial charge in [-0.1, -0.05) is 74.5 Å². The summed E-state index contributed by atoms with van der Waals surface area (Å²) in [6.07, 6.45) is 0.679. The minimum absolute atomic E-state index is 0.290. The number of hydrogen-bond donors (Lipinski definition) is 1. The number of rotatable bonds is 8. The zero-order chi connectivity index (χ0) is 16.7. The lowest BCUT2D eigenvalue weighted by Gasteiger charge is -2.34. The number of benzene rings is 2. The quantitative estimate of drug-likeness (QED) is 0.814. The summed E-state index contributed by atoms with van der Waals surface area (Å²) in [6.45, 7) is 7.05. The van der Waals surface area contributed by atoms with Crippen LogP contribution >= 0.6 is 0 Å². The summed E-state index contributed by atoms with van der Waals surface area (Å²) in [6, 6.07) is 19.8. The predicted octanol–water partition coefficient (Wildman–Crippen LogP) is 3.19. The van der Waals surface area contributed by atoms with E-state index in [0.29, 0.717) is 6.42 Å². The maximum atomic E-state index is 12.6. The summed E-state index contributed by atoms with van der Waals surface area (Å²) in [5.41, 5.74) is 7.09. The van der Waals surface area contributed by atoms with Crippen molar-refractivity contribution < 1.29 is 4.79 Å². The average molecular weight is 310 g/mol. The molecule has 3 heteroatoms. The molecule has 23 heavy (non-hydrogen) atoms. The smallest absolute Gasteiger partial charge is 0.232 e. The molecule has 0 bridgehead atoms. The lowest BCUT2D eigenvalue weighted by atomic mass is 9.71. The van der Waals surface area contributed by atoms with Gasteiger partial charge in [-0.2, -0.15) is 0 Å². The van der Waals surface area contributed by atoms with Crippen molar-refractivity contribution in [3.63, 3.8) is 0 Å². The summed E-state index contributed by atoms with van der Waals surface area (Å²) in [5.74, 6) is -0.290. The van der Waals surface area contributed by atoms with Gasteiger partial charge in [0.15, 0.2) is 0 Å². The molecular weight excluding hydrogens is 284 g/mol. The molecule has 3 nitrogen and oxygen atoms in total. The van der Waals surface area contributed by atoms with Gasteiger partial charge in [-0.15, -0.1) is 0 Å². The Balaban J connectivity index is 2.50. The van der Waals surface area contributed by atoms with Gasteiger partial charge < -0.3 is 10.6 Å². The lowest BCUT2D eigenvalue weighted by Crippen LogP contribution is -2.45. The van der Waals surface area contributed by atoms with E-state index >= 15 is 0 Å². The molecule has 122 valence electrons. The number of primary amides is 1. The Morgan fingerprint density at radius 1 is 0.913 bits per heavy atom. The van der Waals surface area contributed by atoms with Crippen molar-refractivity contribution in [3.8, 4) is 0 Å². The topological polar surface area (TPSA) is 46.3 Å². The van der Waals surface area contributed by atoms with Crippen molar-refractivity contribution >= 4 is 5.91 Å². The first-order chi connectivity index (χ1) is 11.1. The fraction of sp³-hybridized carbons (Fsp3) is 0.350. The van der Waals surface area contributed by atoms with Gasteiger partial charge >= 0.3 is 0 Å². The summed E-state index contributed by atoms with van der Waals surface area (Å²) in [5, 5.41) is 0. The van der Waals surface area contributed by atoms with Crippen molar-refractivity contribution in [2.45, 2.75) is 25.7 Å². The molecule has 0 unspecified atom stereocenters. The van der Waals surface area contributed by atoms with E-state index in [1.165, 1.54) is 0 Å². The maximum Gasteiger partial charge on any atom is 0.232 e. The molecule has 1 amide bonds. The predicted molar refractivity (Wildman–Crippen MR) is 95.3 cm³/mol. The molecule has 0 atom stereocenters. The largest absolute Gasteiger partial charge is 0.369 e. The first-order valence-corrected chi connectivity index (χ1v) is 8.28. The van der Waals surface area contributed by atoms with Gasteiger partial charge in [0.2, 0.25) is 5.91 Å². The van der Waals surface area contributed by atoms with E-state index in [-0.39, 0.29) is 5.91 Å². The molecule has 0 radical (unpaired) electrons. The fourth-order valence-electron chi connectivity index (χ4n) is 3.17. The third kappa shape index (κ3) is 3.62. The third-order valence-electron chi connectivity index (χ3n) is 4.65. The van der Waals surface area contributed by atoms with Gasteiger partial charge in [-0.25, -0.2) is 0 Å². The number of hydrogen-bond acceptors (Lipinski definition) is 2. The molecule has 2 aromatic carbocycles. The van der Waals surface area contributed by atoms with Gasteiger partial charge in [-0.3, -0.25) is 4.79 Å². The van der Waals surface area contributed by atoms with Crippen molar-refractivity contribution in [1.82, 2.24) is 4.90 Å². The molecule has 0 spiro atoms.